The fraction of sp³-hybridized carbons (Fsp3) is 0.800. The van der Waals surface area contributed by atoms with Crippen molar-refractivity contribution in [2.45, 2.75) is 33.1 Å². The van der Waals surface area contributed by atoms with Crippen molar-refractivity contribution in [1.29, 1.82) is 0 Å². The molecule has 3 heteroatoms. The second kappa shape index (κ2) is 7.47. The van der Waals surface area contributed by atoms with Gasteiger partial charge in [0.05, 0.1) is 6.67 Å². The molecule has 0 bridgehead atoms. The number of nitrogens with zero attached hydrogens (tertiary/aromatic N) is 2. The molecule has 0 fully saturated rings. The standard InChI is InChI=1S/C10H20N2.HI/c1-3-5-7-12-9-8-11(10-12)6-4-2;/h8-9H,3-7,10H2,1-2H3;1H. The largest absolute Gasteiger partial charge is 0.359 e. The lowest BCUT2D eigenvalue weighted by Gasteiger charge is -2.20. The van der Waals surface area contributed by atoms with E-state index in [2.05, 4.69) is 36.0 Å². The monoisotopic (exact) mass is 296 g/mol. The summed E-state index contributed by atoms with van der Waals surface area (Å²) in [6, 6.07) is 0. The van der Waals surface area contributed by atoms with Crippen LogP contribution < -0.4 is 0 Å². The molecule has 0 spiro atoms. The van der Waals surface area contributed by atoms with Crippen molar-refractivity contribution in [2.75, 3.05) is 19.8 Å². The first-order valence-electron chi connectivity index (χ1n) is 5.03. The summed E-state index contributed by atoms with van der Waals surface area (Å²) in [7, 11) is 0. The van der Waals surface area contributed by atoms with Gasteiger partial charge in [0.15, 0.2) is 0 Å². The summed E-state index contributed by atoms with van der Waals surface area (Å²) in [5.41, 5.74) is 0. The molecule has 0 N–H and O–H groups in total. The van der Waals surface area contributed by atoms with Gasteiger partial charge < -0.3 is 9.80 Å². The van der Waals surface area contributed by atoms with Crippen molar-refractivity contribution < 1.29 is 0 Å². The molecule has 2 nitrogen and oxygen atoms in total. The molecule has 0 amide bonds. The topological polar surface area (TPSA) is 6.48 Å². The fourth-order valence-corrected chi connectivity index (χ4v) is 1.46. The highest BCUT2D eigenvalue weighted by atomic mass is 127. The Hall–Kier alpha value is 0.0700. The first-order valence-corrected chi connectivity index (χ1v) is 5.03. The first kappa shape index (κ1) is 13.1. The van der Waals surface area contributed by atoms with Crippen LogP contribution in [-0.4, -0.2) is 29.6 Å². The molecular weight excluding hydrogens is 275 g/mol. The van der Waals surface area contributed by atoms with E-state index in [1.807, 2.05) is 0 Å². The average Bonchev–Trinajstić information content (AvgIpc) is 2.50. The number of halogens is 1. The molecule has 0 aromatic rings. The second-order valence-corrected chi connectivity index (χ2v) is 3.42. The van der Waals surface area contributed by atoms with E-state index in [1.165, 1.54) is 32.4 Å². The zero-order valence-electron chi connectivity index (χ0n) is 8.70. The van der Waals surface area contributed by atoms with E-state index in [0.29, 0.717) is 0 Å². The molecule has 0 atom stereocenters. The van der Waals surface area contributed by atoms with Crippen LogP contribution in [0.1, 0.15) is 33.1 Å². The van der Waals surface area contributed by atoms with E-state index in [9.17, 15) is 0 Å². The van der Waals surface area contributed by atoms with Crippen molar-refractivity contribution >= 4 is 24.0 Å². The van der Waals surface area contributed by atoms with Gasteiger partial charge in [-0.25, -0.2) is 0 Å². The molecule has 1 aliphatic heterocycles. The average molecular weight is 296 g/mol. The Bertz CT molecular complexity index is 148. The van der Waals surface area contributed by atoms with E-state index < -0.39 is 0 Å². The molecule has 0 aliphatic carbocycles. The summed E-state index contributed by atoms with van der Waals surface area (Å²) in [5, 5.41) is 0. The van der Waals surface area contributed by atoms with Crippen molar-refractivity contribution in [2.24, 2.45) is 0 Å². The zero-order chi connectivity index (χ0) is 8.81. The maximum absolute atomic E-state index is 2.39. The van der Waals surface area contributed by atoms with Gasteiger partial charge >= 0.3 is 0 Å². The molecule has 1 heterocycles. The maximum Gasteiger partial charge on any atom is 0.0893 e. The Labute approximate surface area is 99.0 Å². The molecule has 0 radical (unpaired) electrons. The highest BCUT2D eigenvalue weighted by molar-refractivity contribution is 14.0. The highest BCUT2D eigenvalue weighted by Gasteiger charge is 2.09. The molecule has 0 aromatic carbocycles. The number of rotatable bonds is 5. The van der Waals surface area contributed by atoms with E-state index in [-0.39, 0.29) is 24.0 Å². The summed E-state index contributed by atoms with van der Waals surface area (Å²) < 4.78 is 0. The molecule has 0 saturated heterocycles. The highest BCUT2D eigenvalue weighted by Crippen LogP contribution is 2.07. The summed E-state index contributed by atoms with van der Waals surface area (Å²) >= 11 is 0. The van der Waals surface area contributed by atoms with Crippen LogP contribution >= 0.6 is 24.0 Å². The van der Waals surface area contributed by atoms with Crippen LogP contribution in [0.2, 0.25) is 0 Å². The number of unbranched alkanes of at least 4 members (excludes halogenated alkanes) is 1. The summed E-state index contributed by atoms with van der Waals surface area (Å²) in [4.78, 5) is 4.76. The number of hydrogen-bond acceptors (Lipinski definition) is 2. The predicted octanol–water partition coefficient (Wildman–Crippen LogP) is 2.86. The number of hydrogen-bond donors (Lipinski definition) is 0. The van der Waals surface area contributed by atoms with Crippen molar-refractivity contribution in [3.05, 3.63) is 12.4 Å². The van der Waals surface area contributed by atoms with Crippen LogP contribution in [0.5, 0.6) is 0 Å². The Morgan fingerprint density at radius 3 is 2.15 bits per heavy atom. The summed E-state index contributed by atoms with van der Waals surface area (Å²) in [6.45, 7) is 7.98. The second-order valence-electron chi connectivity index (χ2n) is 3.42. The van der Waals surface area contributed by atoms with Crippen molar-refractivity contribution in [3.63, 3.8) is 0 Å². The molecule has 13 heavy (non-hydrogen) atoms. The van der Waals surface area contributed by atoms with Crippen molar-refractivity contribution in [3.8, 4) is 0 Å². The Kier molecular flexibility index (Phi) is 7.51. The van der Waals surface area contributed by atoms with Gasteiger partial charge in [-0.15, -0.1) is 24.0 Å². The molecular formula is C10H21IN2. The van der Waals surface area contributed by atoms with Gasteiger partial charge in [-0.05, 0) is 12.8 Å². The van der Waals surface area contributed by atoms with Gasteiger partial charge in [0, 0.05) is 25.5 Å². The van der Waals surface area contributed by atoms with Gasteiger partial charge in [0.1, 0.15) is 0 Å². The lowest BCUT2D eigenvalue weighted by Crippen LogP contribution is -2.26. The van der Waals surface area contributed by atoms with Crippen LogP contribution in [0.4, 0.5) is 0 Å². The minimum Gasteiger partial charge on any atom is -0.359 e. The normalized spacial score (nSPS) is 14.9. The maximum atomic E-state index is 2.39. The van der Waals surface area contributed by atoms with Crippen LogP contribution in [0.15, 0.2) is 12.4 Å². The molecule has 1 rings (SSSR count). The first-order chi connectivity index (χ1) is 5.86. The van der Waals surface area contributed by atoms with Crippen molar-refractivity contribution in [1.82, 2.24) is 9.80 Å². The lowest BCUT2D eigenvalue weighted by molar-refractivity contribution is 0.263. The third-order valence-corrected chi connectivity index (χ3v) is 2.16. The molecule has 0 unspecified atom stereocenters. The van der Waals surface area contributed by atoms with Crippen LogP contribution in [0, 0.1) is 0 Å². The van der Waals surface area contributed by atoms with Gasteiger partial charge in [-0.1, -0.05) is 20.3 Å². The third kappa shape index (κ3) is 4.74. The smallest absolute Gasteiger partial charge is 0.0893 e. The van der Waals surface area contributed by atoms with Gasteiger partial charge in [-0.3, -0.25) is 0 Å². The Morgan fingerprint density at radius 2 is 1.62 bits per heavy atom. The zero-order valence-corrected chi connectivity index (χ0v) is 11.0. The van der Waals surface area contributed by atoms with E-state index in [4.69, 9.17) is 0 Å². The molecule has 0 saturated carbocycles. The molecule has 1 aliphatic rings. The third-order valence-electron chi connectivity index (χ3n) is 2.16. The van der Waals surface area contributed by atoms with Gasteiger partial charge in [-0.2, -0.15) is 0 Å². The fourth-order valence-electron chi connectivity index (χ4n) is 1.46. The summed E-state index contributed by atoms with van der Waals surface area (Å²) in [5.74, 6) is 0. The SMILES string of the molecule is CCCCN1C=CN(CCC)C1.I. The van der Waals surface area contributed by atoms with E-state index in [0.717, 1.165) is 6.67 Å². The molecule has 0 aromatic heterocycles. The van der Waals surface area contributed by atoms with Gasteiger partial charge in [0.2, 0.25) is 0 Å². The predicted molar refractivity (Wildman–Crippen MR) is 68.0 cm³/mol. The van der Waals surface area contributed by atoms with Crippen LogP contribution in [0.3, 0.4) is 0 Å². The van der Waals surface area contributed by atoms with E-state index >= 15 is 0 Å². The quantitative estimate of drug-likeness (QED) is 0.720. The van der Waals surface area contributed by atoms with Crippen LogP contribution in [-0.2, 0) is 0 Å². The van der Waals surface area contributed by atoms with E-state index in [1.54, 1.807) is 0 Å². The summed E-state index contributed by atoms with van der Waals surface area (Å²) in [6.07, 6.45) is 8.26. The Morgan fingerprint density at radius 1 is 1.00 bits per heavy atom. The van der Waals surface area contributed by atoms with Crippen LogP contribution in [0.25, 0.3) is 0 Å². The van der Waals surface area contributed by atoms with Gasteiger partial charge in [0.25, 0.3) is 0 Å². The molecule has 78 valence electrons. The Balaban J connectivity index is 0.00000144. The lowest BCUT2D eigenvalue weighted by atomic mass is 10.3. The minimum absolute atomic E-state index is 0. The minimum atomic E-state index is 0.